The minimum atomic E-state index is 0.890. The first-order chi connectivity index (χ1) is 6.45. The average Bonchev–Trinajstić information content (AvgIpc) is 2.65. The summed E-state index contributed by atoms with van der Waals surface area (Å²) in [7, 11) is 0. The molecule has 0 spiro atoms. The molecule has 4 nitrogen and oxygen atoms in total. The number of rotatable bonds is 0. The number of fused-ring (bicyclic) bond motifs is 3. The summed E-state index contributed by atoms with van der Waals surface area (Å²) in [6.07, 6.45) is 3.54. The van der Waals surface area contributed by atoms with Crippen LogP contribution in [0.25, 0.3) is 21.8 Å². The summed E-state index contributed by atoms with van der Waals surface area (Å²) in [6.45, 7) is 0. The van der Waals surface area contributed by atoms with Gasteiger partial charge in [0.25, 0.3) is 0 Å². The summed E-state index contributed by atoms with van der Waals surface area (Å²) < 4.78 is 0. The van der Waals surface area contributed by atoms with Gasteiger partial charge in [0.05, 0.1) is 17.2 Å². The van der Waals surface area contributed by atoms with E-state index in [9.17, 15) is 0 Å². The van der Waals surface area contributed by atoms with Gasteiger partial charge in [0, 0.05) is 17.0 Å². The number of hydrogen-bond acceptors (Lipinski definition) is 3. The minimum absolute atomic E-state index is 0.890. The molecule has 62 valence electrons. The van der Waals surface area contributed by atoms with Crippen LogP contribution in [-0.4, -0.2) is 20.4 Å². The molecule has 0 unspecified atom stereocenters. The molecule has 3 aromatic rings. The molecule has 0 saturated heterocycles. The highest BCUT2D eigenvalue weighted by Crippen LogP contribution is 2.20. The molecule has 0 atom stereocenters. The van der Waals surface area contributed by atoms with Crippen LogP contribution in [0.15, 0.2) is 30.6 Å². The van der Waals surface area contributed by atoms with Gasteiger partial charge < -0.3 is 0 Å². The molecule has 4 heteroatoms. The minimum Gasteiger partial charge on any atom is -0.255 e. The van der Waals surface area contributed by atoms with E-state index in [4.69, 9.17) is 0 Å². The van der Waals surface area contributed by atoms with Crippen LogP contribution < -0.4 is 0 Å². The molecule has 1 N–H and O–H groups in total. The van der Waals surface area contributed by atoms with Gasteiger partial charge in [0.1, 0.15) is 0 Å². The van der Waals surface area contributed by atoms with Crippen LogP contribution >= 0.6 is 0 Å². The highest BCUT2D eigenvalue weighted by Gasteiger charge is 2.01. The van der Waals surface area contributed by atoms with Crippen molar-refractivity contribution in [3.63, 3.8) is 0 Å². The molecule has 0 amide bonds. The van der Waals surface area contributed by atoms with Gasteiger partial charge >= 0.3 is 0 Å². The molecule has 0 saturated carbocycles. The van der Waals surface area contributed by atoms with Crippen molar-refractivity contribution >= 4 is 21.8 Å². The maximum absolute atomic E-state index is 4.25. The first-order valence-electron chi connectivity index (χ1n) is 3.98. The Kier molecular flexibility index (Phi) is 1.14. The van der Waals surface area contributed by atoms with Crippen molar-refractivity contribution in [3.8, 4) is 0 Å². The van der Waals surface area contributed by atoms with Crippen molar-refractivity contribution < 1.29 is 0 Å². The molecule has 0 radical (unpaired) electrons. The summed E-state index contributed by atoms with van der Waals surface area (Å²) >= 11 is 0. The first kappa shape index (κ1) is 6.54. The molecule has 2 heterocycles. The van der Waals surface area contributed by atoms with Crippen molar-refractivity contribution in [1.29, 1.82) is 0 Å². The summed E-state index contributed by atoms with van der Waals surface area (Å²) in [5.74, 6) is 0. The zero-order valence-corrected chi connectivity index (χ0v) is 6.73. The molecular formula is C9H6N4. The number of aromatic nitrogens is 4. The van der Waals surface area contributed by atoms with E-state index in [2.05, 4.69) is 20.4 Å². The zero-order valence-electron chi connectivity index (χ0n) is 6.73. The molecular weight excluding hydrogens is 164 g/mol. The Bertz CT molecular complexity index is 570. The third-order valence-corrected chi connectivity index (χ3v) is 2.10. The predicted molar refractivity (Wildman–Crippen MR) is 49.2 cm³/mol. The van der Waals surface area contributed by atoms with Crippen molar-refractivity contribution in [1.82, 2.24) is 20.4 Å². The van der Waals surface area contributed by atoms with Gasteiger partial charge in [-0.3, -0.25) is 4.98 Å². The van der Waals surface area contributed by atoms with Crippen LogP contribution in [0.2, 0.25) is 0 Å². The van der Waals surface area contributed by atoms with Gasteiger partial charge in [-0.1, -0.05) is 6.07 Å². The Morgan fingerprint density at radius 3 is 3.15 bits per heavy atom. The molecule has 0 aliphatic heterocycles. The topological polar surface area (TPSA) is 54.5 Å². The quantitative estimate of drug-likeness (QED) is 0.556. The maximum atomic E-state index is 4.25. The number of aromatic amines is 1. The SMILES string of the molecule is c1cc2ccc3n[nH]ncc3c2n1. The van der Waals surface area contributed by atoms with Crippen molar-refractivity contribution in [2.45, 2.75) is 0 Å². The second-order valence-corrected chi connectivity index (χ2v) is 2.85. The lowest BCUT2D eigenvalue weighted by molar-refractivity contribution is 0.896. The second kappa shape index (κ2) is 2.26. The summed E-state index contributed by atoms with van der Waals surface area (Å²) in [5, 5.41) is 12.6. The number of H-pyrrole nitrogens is 1. The van der Waals surface area contributed by atoms with E-state index in [-0.39, 0.29) is 0 Å². The molecule has 13 heavy (non-hydrogen) atoms. The standard InChI is InChI=1S/C9H6N4/c1-2-8-7(5-11-13-12-8)9-6(1)3-4-10-9/h1-5,13H. The van der Waals surface area contributed by atoms with E-state index in [0.717, 1.165) is 21.8 Å². The smallest absolute Gasteiger partial charge is 0.0960 e. The maximum Gasteiger partial charge on any atom is 0.0960 e. The number of benzene rings is 1. The van der Waals surface area contributed by atoms with Crippen molar-refractivity contribution in [3.05, 3.63) is 30.6 Å². The van der Waals surface area contributed by atoms with Gasteiger partial charge in [-0.25, -0.2) is 0 Å². The zero-order chi connectivity index (χ0) is 8.67. The van der Waals surface area contributed by atoms with Gasteiger partial charge in [-0.05, 0) is 12.1 Å². The second-order valence-electron chi connectivity index (χ2n) is 2.85. The van der Waals surface area contributed by atoms with Crippen LogP contribution in [0.5, 0.6) is 0 Å². The Morgan fingerprint density at radius 1 is 1.15 bits per heavy atom. The van der Waals surface area contributed by atoms with Gasteiger partial charge in [-0.15, -0.1) is 0 Å². The van der Waals surface area contributed by atoms with Crippen LogP contribution in [-0.2, 0) is 0 Å². The monoisotopic (exact) mass is 170 g/mol. The highest BCUT2D eigenvalue weighted by molar-refractivity contribution is 6.03. The fraction of sp³-hybridized carbons (Fsp3) is 0. The molecule has 0 fully saturated rings. The Hall–Kier alpha value is -1.97. The van der Waals surface area contributed by atoms with E-state index in [1.165, 1.54) is 0 Å². The largest absolute Gasteiger partial charge is 0.255 e. The molecule has 0 aliphatic carbocycles. The lowest BCUT2D eigenvalue weighted by atomic mass is 10.2. The van der Waals surface area contributed by atoms with Crippen molar-refractivity contribution in [2.24, 2.45) is 0 Å². The highest BCUT2D eigenvalue weighted by atomic mass is 15.3. The van der Waals surface area contributed by atoms with Crippen LogP contribution in [0.1, 0.15) is 0 Å². The average molecular weight is 170 g/mol. The molecule has 1 aromatic carbocycles. The Labute approximate surface area is 73.6 Å². The summed E-state index contributed by atoms with van der Waals surface area (Å²) in [5.41, 5.74) is 1.85. The Balaban J connectivity index is 2.65. The van der Waals surface area contributed by atoms with E-state index >= 15 is 0 Å². The number of hydrogen-bond donors (Lipinski definition) is 1. The fourth-order valence-electron chi connectivity index (χ4n) is 1.49. The normalized spacial score (nSPS) is 11.1. The van der Waals surface area contributed by atoms with Crippen LogP contribution in [0.4, 0.5) is 0 Å². The summed E-state index contributed by atoms with van der Waals surface area (Å²) in [6, 6.07) is 5.94. The molecule has 2 aromatic heterocycles. The predicted octanol–water partition coefficient (Wildman–Crippen LogP) is 1.51. The number of nitrogens with zero attached hydrogens (tertiary/aromatic N) is 3. The molecule has 3 rings (SSSR count). The van der Waals surface area contributed by atoms with Gasteiger partial charge in [0.2, 0.25) is 0 Å². The van der Waals surface area contributed by atoms with Crippen LogP contribution in [0, 0.1) is 0 Å². The third-order valence-electron chi connectivity index (χ3n) is 2.10. The van der Waals surface area contributed by atoms with Crippen molar-refractivity contribution in [2.75, 3.05) is 0 Å². The number of nitrogens with one attached hydrogen (secondary N) is 1. The van der Waals surface area contributed by atoms with E-state index in [0.29, 0.717) is 0 Å². The van der Waals surface area contributed by atoms with Crippen LogP contribution in [0.3, 0.4) is 0 Å². The lowest BCUT2D eigenvalue weighted by Crippen LogP contribution is -1.87. The van der Waals surface area contributed by atoms with E-state index in [1.54, 1.807) is 12.4 Å². The molecule has 0 bridgehead atoms. The van der Waals surface area contributed by atoms with Gasteiger partial charge in [0.15, 0.2) is 0 Å². The first-order valence-corrected chi connectivity index (χ1v) is 3.98. The Morgan fingerprint density at radius 2 is 2.15 bits per heavy atom. The third kappa shape index (κ3) is 0.823. The molecule has 0 aliphatic rings. The lowest BCUT2D eigenvalue weighted by Gasteiger charge is -1.95. The van der Waals surface area contributed by atoms with Gasteiger partial charge in [-0.2, -0.15) is 15.4 Å². The summed E-state index contributed by atoms with van der Waals surface area (Å²) in [4.78, 5) is 4.25. The fourth-order valence-corrected chi connectivity index (χ4v) is 1.49. The van der Waals surface area contributed by atoms with E-state index in [1.807, 2.05) is 18.2 Å². The van der Waals surface area contributed by atoms with E-state index < -0.39 is 0 Å².